The highest BCUT2D eigenvalue weighted by Gasteiger charge is 2.42. The molecular weight excluding hydrogens is 470 g/mol. The van der Waals surface area contributed by atoms with Crippen LogP contribution in [-0.2, 0) is 4.74 Å². The van der Waals surface area contributed by atoms with Crippen molar-refractivity contribution in [2.24, 2.45) is 0 Å². The third-order valence-electron chi connectivity index (χ3n) is 6.42. The quantitative estimate of drug-likeness (QED) is 0.243. The zero-order valence-electron chi connectivity index (χ0n) is 20.3. The summed E-state index contributed by atoms with van der Waals surface area (Å²) in [6.45, 7) is 4.35. The normalized spacial score (nSPS) is 17.3. The molecule has 1 aliphatic rings. The number of thiocarbonyl (C=S) groups is 1. The number of nitrogens with one attached hydrogen (secondary N) is 1. The van der Waals surface area contributed by atoms with E-state index in [1.807, 2.05) is 42.5 Å². The summed E-state index contributed by atoms with van der Waals surface area (Å²) in [6, 6.07) is 25.0. The molecule has 36 heavy (non-hydrogen) atoms. The number of rotatable bonds is 6. The topological polar surface area (TPSA) is 67.6 Å². The molecule has 1 fully saturated rings. The first-order valence-corrected chi connectivity index (χ1v) is 12.3. The summed E-state index contributed by atoms with van der Waals surface area (Å²) in [5.41, 5.74) is 4.37. The van der Waals surface area contributed by atoms with Crippen LogP contribution in [0.25, 0.3) is 11.3 Å². The second-order valence-electron chi connectivity index (χ2n) is 9.02. The van der Waals surface area contributed by atoms with Gasteiger partial charge in [0.25, 0.3) is 0 Å². The summed E-state index contributed by atoms with van der Waals surface area (Å²) >= 11 is 5.81. The van der Waals surface area contributed by atoms with Gasteiger partial charge in [0.2, 0.25) is 0 Å². The molecule has 5 rings (SSSR count). The van der Waals surface area contributed by atoms with Gasteiger partial charge >= 0.3 is 5.97 Å². The highest BCUT2D eigenvalue weighted by Crippen LogP contribution is 2.43. The molecule has 0 unspecified atom stereocenters. The molecule has 1 N–H and O–H groups in total. The van der Waals surface area contributed by atoms with Crippen LogP contribution in [0.3, 0.4) is 0 Å². The molecule has 7 heteroatoms. The van der Waals surface area contributed by atoms with Gasteiger partial charge in [0.1, 0.15) is 17.6 Å². The molecule has 0 bridgehead atoms. The molecule has 0 radical (unpaired) electrons. The van der Waals surface area contributed by atoms with Crippen LogP contribution in [-0.4, -0.2) is 23.2 Å². The molecular formula is C29H27N3O3S. The molecule has 2 aromatic heterocycles. The number of methoxy groups -OCH3 is 1. The van der Waals surface area contributed by atoms with Crippen molar-refractivity contribution in [2.75, 3.05) is 12.0 Å². The van der Waals surface area contributed by atoms with Crippen molar-refractivity contribution in [3.05, 3.63) is 108 Å². The van der Waals surface area contributed by atoms with Gasteiger partial charge in [-0.25, -0.2) is 4.79 Å². The molecule has 6 nitrogen and oxygen atoms in total. The predicted octanol–water partition coefficient (Wildman–Crippen LogP) is 6.43. The highest BCUT2D eigenvalue weighted by atomic mass is 32.1. The zero-order chi connectivity index (χ0) is 25.2. The number of esters is 1. The minimum Gasteiger partial charge on any atom is -0.465 e. The largest absolute Gasteiger partial charge is 0.465 e. The van der Waals surface area contributed by atoms with Crippen molar-refractivity contribution in [3.63, 3.8) is 0 Å². The second kappa shape index (κ2) is 9.95. The number of aromatic nitrogens is 1. The van der Waals surface area contributed by atoms with E-state index >= 15 is 0 Å². The van der Waals surface area contributed by atoms with Gasteiger partial charge in [-0.2, -0.15) is 0 Å². The molecule has 182 valence electrons. The summed E-state index contributed by atoms with van der Waals surface area (Å²) < 4.78 is 11.3. The smallest absolute Gasteiger partial charge is 0.337 e. The van der Waals surface area contributed by atoms with E-state index in [9.17, 15) is 4.79 Å². The first kappa shape index (κ1) is 23.8. The molecule has 0 aliphatic carbocycles. The number of ether oxygens (including phenoxy) is 1. The third-order valence-corrected chi connectivity index (χ3v) is 6.74. The maximum Gasteiger partial charge on any atom is 0.337 e. The van der Waals surface area contributed by atoms with Crippen LogP contribution in [0.15, 0.2) is 89.5 Å². The van der Waals surface area contributed by atoms with E-state index in [4.69, 9.17) is 21.4 Å². The van der Waals surface area contributed by atoms with Crippen molar-refractivity contribution in [2.45, 2.75) is 31.8 Å². The summed E-state index contributed by atoms with van der Waals surface area (Å²) in [5.74, 6) is 1.45. The number of hydrogen-bond donors (Lipinski definition) is 1. The van der Waals surface area contributed by atoms with Crippen molar-refractivity contribution in [1.29, 1.82) is 0 Å². The molecule has 0 spiro atoms. The summed E-state index contributed by atoms with van der Waals surface area (Å²) in [5, 5.41) is 4.07. The number of pyridine rings is 1. The molecule has 0 amide bonds. The molecule has 2 aromatic carbocycles. The van der Waals surface area contributed by atoms with E-state index in [-0.39, 0.29) is 18.1 Å². The van der Waals surface area contributed by atoms with Gasteiger partial charge in [-0.1, -0.05) is 44.2 Å². The molecule has 2 atom stereocenters. The number of benzene rings is 2. The van der Waals surface area contributed by atoms with Gasteiger partial charge in [-0.15, -0.1) is 0 Å². The van der Waals surface area contributed by atoms with Gasteiger partial charge in [0.15, 0.2) is 5.11 Å². The molecule has 0 saturated carbocycles. The standard InChI is InChI=1S/C29H27N3O3S/c1-18(2)19-10-12-22(13-11-19)32-27(26(31-29(32)36)23-9-4-5-16-30-23)25-15-14-24(35-25)20-7-6-8-21(17-20)28(33)34-3/h4-18,26-27H,1-3H3,(H,31,36)/t26-,27+/m0/s1. The maximum atomic E-state index is 12.0. The minimum atomic E-state index is -0.389. The Morgan fingerprint density at radius 1 is 1.06 bits per heavy atom. The van der Waals surface area contributed by atoms with E-state index in [0.29, 0.717) is 22.4 Å². The number of carbonyl (C=O) groups excluding carboxylic acids is 1. The van der Waals surface area contributed by atoms with Crippen LogP contribution >= 0.6 is 12.2 Å². The number of carbonyl (C=O) groups is 1. The molecule has 3 heterocycles. The first-order valence-electron chi connectivity index (χ1n) is 11.9. The van der Waals surface area contributed by atoms with Gasteiger partial charge in [0.05, 0.1) is 24.4 Å². The first-order chi connectivity index (χ1) is 17.5. The third kappa shape index (κ3) is 4.50. The van der Waals surface area contributed by atoms with E-state index in [1.54, 1.807) is 18.3 Å². The van der Waals surface area contributed by atoms with Crippen LogP contribution in [0, 0.1) is 0 Å². The van der Waals surface area contributed by atoms with E-state index in [2.05, 4.69) is 53.3 Å². The second-order valence-corrected chi connectivity index (χ2v) is 9.40. The average molecular weight is 498 g/mol. The van der Waals surface area contributed by atoms with Crippen molar-refractivity contribution in [3.8, 4) is 11.3 Å². The van der Waals surface area contributed by atoms with Crippen LogP contribution in [0.4, 0.5) is 5.69 Å². The van der Waals surface area contributed by atoms with Crippen LogP contribution < -0.4 is 10.2 Å². The fourth-order valence-corrected chi connectivity index (χ4v) is 4.87. The van der Waals surface area contributed by atoms with Crippen LogP contribution in [0.5, 0.6) is 0 Å². The van der Waals surface area contributed by atoms with E-state index < -0.39 is 0 Å². The van der Waals surface area contributed by atoms with Crippen molar-refractivity contribution >= 4 is 29.0 Å². The number of hydrogen-bond acceptors (Lipinski definition) is 5. The zero-order valence-corrected chi connectivity index (χ0v) is 21.2. The Kier molecular flexibility index (Phi) is 6.57. The van der Waals surface area contributed by atoms with Gasteiger partial charge in [-0.3, -0.25) is 4.98 Å². The van der Waals surface area contributed by atoms with Gasteiger partial charge in [0, 0.05) is 17.4 Å². The number of furan rings is 1. The Morgan fingerprint density at radius 3 is 2.56 bits per heavy atom. The molecule has 1 aliphatic heterocycles. The summed E-state index contributed by atoms with van der Waals surface area (Å²) in [7, 11) is 1.37. The number of nitrogens with zero attached hydrogens (tertiary/aromatic N) is 2. The summed E-state index contributed by atoms with van der Waals surface area (Å²) in [6.07, 6.45) is 1.78. The van der Waals surface area contributed by atoms with Crippen molar-refractivity contribution in [1.82, 2.24) is 10.3 Å². The van der Waals surface area contributed by atoms with Crippen LogP contribution in [0.1, 0.15) is 59.2 Å². The fraction of sp³-hybridized carbons (Fsp3) is 0.207. The molecule has 1 saturated heterocycles. The predicted molar refractivity (Wildman–Crippen MR) is 144 cm³/mol. The lowest BCUT2D eigenvalue weighted by molar-refractivity contribution is 0.0601. The summed E-state index contributed by atoms with van der Waals surface area (Å²) in [4.78, 5) is 18.7. The Balaban J connectivity index is 1.56. The lowest BCUT2D eigenvalue weighted by Crippen LogP contribution is -2.29. The van der Waals surface area contributed by atoms with Gasteiger partial charge in [-0.05, 0) is 72.2 Å². The van der Waals surface area contributed by atoms with E-state index in [0.717, 1.165) is 22.7 Å². The lowest BCUT2D eigenvalue weighted by Gasteiger charge is -2.26. The Morgan fingerprint density at radius 2 is 1.86 bits per heavy atom. The van der Waals surface area contributed by atoms with Gasteiger partial charge < -0.3 is 19.4 Å². The lowest BCUT2D eigenvalue weighted by atomic mass is 10.0. The monoisotopic (exact) mass is 497 g/mol. The maximum absolute atomic E-state index is 12.0. The SMILES string of the molecule is COC(=O)c1cccc(-c2ccc([C@@H]3[C@H](c4ccccn4)NC(=S)N3c3ccc(C(C)C)cc3)o2)c1. The average Bonchev–Trinajstić information content (AvgIpc) is 3.53. The van der Waals surface area contributed by atoms with E-state index in [1.165, 1.54) is 12.7 Å². The Bertz CT molecular complexity index is 1380. The highest BCUT2D eigenvalue weighted by molar-refractivity contribution is 7.80. The Labute approximate surface area is 215 Å². The fourth-order valence-electron chi connectivity index (χ4n) is 4.53. The minimum absolute atomic E-state index is 0.205. The Hall–Kier alpha value is -3.97. The van der Waals surface area contributed by atoms with Crippen LogP contribution in [0.2, 0.25) is 0 Å². The van der Waals surface area contributed by atoms with Crippen molar-refractivity contribution < 1.29 is 13.9 Å². The number of anilines is 1. The molecule has 4 aromatic rings.